The van der Waals surface area contributed by atoms with Crippen molar-refractivity contribution in [3.05, 3.63) is 30.5 Å². The van der Waals surface area contributed by atoms with Gasteiger partial charge in [-0.3, -0.25) is 9.69 Å². The minimum atomic E-state index is -0.0252. The monoisotopic (exact) mass is 568 g/mol. The summed E-state index contributed by atoms with van der Waals surface area (Å²) in [4.78, 5) is 14.6. The normalized spacial score (nSPS) is 20.6. The van der Waals surface area contributed by atoms with Crippen molar-refractivity contribution < 1.29 is 9.53 Å². The lowest BCUT2D eigenvalue weighted by Gasteiger charge is -2.29. The number of amides is 1. The highest BCUT2D eigenvalue weighted by Crippen LogP contribution is 2.31. The summed E-state index contributed by atoms with van der Waals surface area (Å²) >= 11 is 9.94. The van der Waals surface area contributed by atoms with Crippen LogP contribution in [0, 0.1) is 7.14 Å². The zero-order valence-corrected chi connectivity index (χ0v) is 18.4. The summed E-state index contributed by atoms with van der Waals surface area (Å²) in [6, 6.07) is 4.29. The standard InChI is InChI=1S/C17H18I2N2O2S/c1-23-15-10(7-11(18)9-13(15)19)8-14-16(22)21(17(24)20-14)12-5-3-2-4-6-12/h7-9,12H,2-6H2,1H3,(H,20,24). The van der Waals surface area contributed by atoms with Gasteiger partial charge in [0.05, 0.1) is 10.7 Å². The van der Waals surface area contributed by atoms with Gasteiger partial charge in [0.1, 0.15) is 11.4 Å². The molecule has 0 bridgehead atoms. The molecule has 2 fully saturated rings. The van der Waals surface area contributed by atoms with E-state index < -0.39 is 0 Å². The Morgan fingerprint density at radius 3 is 2.67 bits per heavy atom. The summed E-state index contributed by atoms with van der Waals surface area (Å²) in [5.74, 6) is 0.753. The van der Waals surface area contributed by atoms with E-state index >= 15 is 0 Å². The molecule has 1 saturated heterocycles. The summed E-state index contributed by atoms with van der Waals surface area (Å²) in [5.41, 5.74) is 1.42. The molecular weight excluding hydrogens is 550 g/mol. The van der Waals surface area contributed by atoms with Crippen LogP contribution in [0.4, 0.5) is 0 Å². The lowest BCUT2D eigenvalue weighted by molar-refractivity contribution is -0.124. The van der Waals surface area contributed by atoms with Gasteiger partial charge in [0.15, 0.2) is 5.11 Å². The van der Waals surface area contributed by atoms with Crippen LogP contribution >= 0.6 is 57.4 Å². The molecule has 1 aromatic rings. The lowest BCUT2D eigenvalue weighted by Crippen LogP contribution is -2.41. The largest absolute Gasteiger partial charge is 0.495 e. The summed E-state index contributed by atoms with van der Waals surface area (Å²) < 4.78 is 7.62. The quantitative estimate of drug-likeness (QED) is 0.336. The smallest absolute Gasteiger partial charge is 0.276 e. The number of methoxy groups -OCH3 is 1. The van der Waals surface area contributed by atoms with Crippen LogP contribution in [0.5, 0.6) is 5.75 Å². The van der Waals surface area contributed by atoms with Crippen LogP contribution in [0.2, 0.25) is 0 Å². The number of carbonyl (C=O) groups excluding carboxylic acids is 1. The maximum absolute atomic E-state index is 12.9. The van der Waals surface area contributed by atoms with E-state index in [-0.39, 0.29) is 11.9 Å². The minimum absolute atomic E-state index is 0.0252. The predicted molar refractivity (Wildman–Crippen MR) is 116 cm³/mol. The van der Waals surface area contributed by atoms with Crippen LogP contribution in [0.3, 0.4) is 0 Å². The SMILES string of the molecule is COc1c(I)cc(I)cc1C=C1NC(=S)N(C2CCCCC2)C1=O. The molecule has 1 saturated carbocycles. The number of rotatable bonds is 3. The summed E-state index contributed by atoms with van der Waals surface area (Å²) in [6.45, 7) is 0. The van der Waals surface area contributed by atoms with Gasteiger partial charge in [0.25, 0.3) is 5.91 Å². The zero-order chi connectivity index (χ0) is 17.3. The summed E-state index contributed by atoms with van der Waals surface area (Å²) in [5, 5.41) is 3.62. The van der Waals surface area contributed by atoms with Crippen LogP contribution in [0.15, 0.2) is 17.8 Å². The number of halogens is 2. The first kappa shape index (κ1) is 18.4. The van der Waals surface area contributed by atoms with Gasteiger partial charge in [-0.25, -0.2) is 0 Å². The third kappa shape index (κ3) is 3.72. The lowest BCUT2D eigenvalue weighted by atomic mass is 9.94. The van der Waals surface area contributed by atoms with Crippen LogP contribution in [0.25, 0.3) is 6.08 Å². The zero-order valence-electron chi connectivity index (χ0n) is 13.3. The Morgan fingerprint density at radius 2 is 2.00 bits per heavy atom. The average molecular weight is 568 g/mol. The summed E-state index contributed by atoms with van der Waals surface area (Å²) in [6.07, 6.45) is 7.49. The van der Waals surface area contributed by atoms with Crippen molar-refractivity contribution >= 4 is 74.5 Å². The molecule has 1 aromatic carbocycles. The van der Waals surface area contributed by atoms with E-state index in [2.05, 4.69) is 50.5 Å². The van der Waals surface area contributed by atoms with Gasteiger partial charge in [-0.1, -0.05) is 19.3 Å². The van der Waals surface area contributed by atoms with E-state index in [1.807, 2.05) is 18.2 Å². The Hall–Kier alpha value is -0.420. The molecule has 1 heterocycles. The fraction of sp³-hybridized carbons (Fsp3) is 0.412. The number of benzene rings is 1. The molecule has 0 unspecified atom stereocenters. The second kappa shape index (κ2) is 7.86. The van der Waals surface area contributed by atoms with Crippen molar-refractivity contribution in [3.63, 3.8) is 0 Å². The molecule has 1 amide bonds. The van der Waals surface area contributed by atoms with Crippen molar-refractivity contribution in [1.29, 1.82) is 0 Å². The molecule has 0 aromatic heterocycles. The van der Waals surface area contributed by atoms with Crippen molar-refractivity contribution in [2.45, 2.75) is 38.1 Å². The third-order valence-corrected chi connectivity index (χ3v) is 6.11. The molecular formula is C17H18I2N2O2S. The van der Waals surface area contributed by atoms with Gasteiger partial charge in [-0.2, -0.15) is 0 Å². The van der Waals surface area contributed by atoms with Gasteiger partial charge in [-0.15, -0.1) is 0 Å². The van der Waals surface area contributed by atoms with Gasteiger partial charge in [0.2, 0.25) is 0 Å². The number of thiocarbonyl (C=S) groups is 1. The van der Waals surface area contributed by atoms with Crippen LogP contribution in [0.1, 0.15) is 37.7 Å². The molecule has 3 rings (SSSR count). The van der Waals surface area contributed by atoms with Crippen molar-refractivity contribution in [3.8, 4) is 5.75 Å². The van der Waals surface area contributed by atoms with E-state index in [9.17, 15) is 4.79 Å². The van der Waals surface area contributed by atoms with Crippen LogP contribution < -0.4 is 10.1 Å². The average Bonchev–Trinajstić information content (AvgIpc) is 2.82. The van der Waals surface area contributed by atoms with E-state index in [0.29, 0.717) is 10.8 Å². The first-order valence-electron chi connectivity index (χ1n) is 7.90. The maximum atomic E-state index is 12.9. The molecule has 1 aliphatic heterocycles. The Morgan fingerprint density at radius 1 is 1.29 bits per heavy atom. The molecule has 0 atom stereocenters. The molecule has 7 heteroatoms. The van der Waals surface area contributed by atoms with E-state index in [1.165, 1.54) is 19.3 Å². The molecule has 1 N–H and O–H groups in total. The molecule has 128 valence electrons. The topological polar surface area (TPSA) is 41.6 Å². The van der Waals surface area contributed by atoms with E-state index in [0.717, 1.165) is 31.3 Å². The first-order chi connectivity index (χ1) is 11.5. The number of hydrogen-bond acceptors (Lipinski definition) is 3. The fourth-order valence-electron chi connectivity index (χ4n) is 3.28. The molecule has 0 radical (unpaired) electrons. The molecule has 0 spiro atoms. The van der Waals surface area contributed by atoms with Crippen molar-refractivity contribution in [2.75, 3.05) is 7.11 Å². The van der Waals surface area contributed by atoms with Gasteiger partial charge >= 0.3 is 0 Å². The highest BCUT2D eigenvalue weighted by atomic mass is 127. The van der Waals surface area contributed by atoms with Crippen molar-refractivity contribution in [1.82, 2.24) is 10.2 Å². The second-order valence-electron chi connectivity index (χ2n) is 5.97. The predicted octanol–water partition coefficient (Wildman–Crippen LogP) is 4.29. The van der Waals surface area contributed by atoms with Gasteiger partial charge in [0, 0.05) is 15.2 Å². The number of nitrogens with one attached hydrogen (secondary N) is 1. The highest BCUT2D eigenvalue weighted by Gasteiger charge is 2.36. The number of hydrogen-bond donors (Lipinski definition) is 1. The number of nitrogens with zero attached hydrogens (tertiary/aromatic N) is 1. The van der Waals surface area contributed by atoms with E-state index in [4.69, 9.17) is 17.0 Å². The Kier molecular flexibility index (Phi) is 6.02. The van der Waals surface area contributed by atoms with Crippen molar-refractivity contribution in [2.24, 2.45) is 0 Å². The molecule has 2 aliphatic rings. The Bertz CT molecular complexity index is 715. The Labute approximate surface area is 174 Å². The van der Waals surface area contributed by atoms with Crippen LogP contribution in [-0.2, 0) is 4.79 Å². The first-order valence-corrected chi connectivity index (χ1v) is 10.5. The van der Waals surface area contributed by atoms with Crippen LogP contribution in [-0.4, -0.2) is 29.1 Å². The number of ether oxygens (including phenoxy) is 1. The Balaban J connectivity index is 1.92. The number of carbonyl (C=O) groups is 1. The van der Waals surface area contributed by atoms with E-state index in [1.54, 1.807) is 12.0 Å². The molecule has 1 aliphatic carbocycles. The molecule has 4 nitrogen and oxygen atoms in total. The second-order valence-corrected chi connectivity index (χ2v) is 8.76. The van der Waals surface area contributed by atoms with Gasteiger partial charge < -0.3 is 10.1 Å². The summed E-state index contributed by atoms with van der Waals surface area (Å²) in [7, 11) is 1.65. The minimum Gasteiger partial charge on any atom is -0.495 e. The van der Waals surface area contributed by atoms with Gasteiger partial charge in [-0.05, 0) is 88.5 Å². The molecule has 24 heavy (non-hydrogen) atoms. The third-order valence-electron chi connectivity index (χ3n) is 4.39. The highest BCUT2D eigenvalue weighted by molar-refractivity contribution is 14.1. The fourth-order valence-corrected chi connectivity index (χ4v) is 5.73. The maximum Gasteiger partial charge on any atom is 0.276 e.